The zero-order valence-electron chi connectivity index (χ0n) is 9.82. The van der Waals surface area contributed by atoms with E-state index in [1.54, 1.807) is 0 Å². The lowest BCUT2D eigenvalue weighted by Gasteiger charge is -2.23. The summed E-state index contributed by atoms with van der Waals surface area (Å²) in [5.41, 5.74) is 0. The summed E-state index contributed by atoms with van der Waals surface area (Å²) in [7, 11) is 0. The van der Waals surface area contributed by atoms with Gasteiger partial charge in [-0.3, -0.25) is 9.59 Å². The number of aliphatic hydroxyl groups excluding tert-OH is 1. The Balaban J connectivity index is 2.45. The summed E-state index contributed by atoms with van der Waals surface area (Å²) in [6, 6.07) is -0.428. The molecule has 2 atom stereocenters. The minimum atomic E-state index is -0.396. The number of hydrogen-bond donors (Lipinski definition) is 3. The number of aliphatic hydroxyl groups is 1. The minimum absolute atomic E-state index is 0.0324. The van der Waals surface area contributed by atoms with Crippen LogP contribution in [0.3, 0.4) is 0 Å². The largest absolute Gasteiger partial charge is 0.396 e. The molecule has 2 amide bonds. The maximum atomic E-state index is 11.8. The van der Waals surface area contributed by atoms with Gasteiger partial charge in [0.1, 0.15) is 6.04 Å². The molecule has 0 aliphatic carbocycles. The summed E-state index contributed by atoms with van der Waals surface area (Å²) in [6.45, 7) is 4.04. The monoisotopic (exact) mass is 228 g/mol. The van der Waals surface area contributed by atoms with Gasteiger partial charge in [-0.25, -0.2) is 0 Å². The van der Waals surface area contributed by atoms with Crippen LogP contribution in [0.4, 0.5) is 0 Å². The lowest BCUT2D eigenvalue weighted by molar-refractivity contribution is -0.126. The van der Waals surface area contributed by atoms with Crippen LogP contribution in [-0.4, -0.2) is 35.6 Å². The first-order valence-corrected chi connectivity index (χ1v) is 5.75. The molecule has 0 aromatic carbocycles. The van der Waals surface area contributed by atoms with Crippen molar-refractivity contribution in [2.45, 2.75) is 45.2 Å². The fraction of sp³-hybridized carbons (Fsp3) is 0.818. The van der Waals surface area contributed by atoms with Crippen LogP contribution >= 0.6 is 0 Å². The van der Waals surface area contributed by atoms with Gasteiger partial charge in [-0.1, -0.05) is 13.8 Å². The number of carbonyl (C=O) groups is 2. The number of nitrogens with one attached hydrogen (secondary N) is 2. The standard InChI is InChI=1S/C11H20N2O3/c1-7(2)8(5-6-14)13-11(16)9-3-4-10(15)12-9/h7-9,14H,3-6H2,1-2H3,(H,12,15)(H,13,16)/t8?,9-/m0/s1. The Hall–Kier alpha value is -1.10. The van der Waals surface area contributed by atoms with Crippen LogP contribution in [-0.2, 0) is 9.59 Å². The van der Waals surface area contributed by atoms with Crippen LogP contribution in [0.5, 0.6) is 0 Å². The molecule has 0 radical (unpaired) electrons. The highest BCUT2D eigenvalue weighted by molar-refractivity contribution is 5.90. The predicted octanol–water partition coefficient (Wildman–Crippen LogP) is -0.212. The molecule has 0 bridgehead atoms. The van der Waals surface area contributed by atoms with E-state index in [4.69, 9.17) is 5.11 Å². The van der Waals surface area contributed by atoms with Crippen LogP contribution in [0.25, 0.3) is 0 Å². The van der Waals surface area contributed by atoms with Crippen molar-refractivity contribution in [3.05, 3.63) is 0 Å². The molecule has 1 aliphatic heterocycles. The summed E-state index contributed by atoms with van der Waals surface area (Å²) in [6.07, 6.45) is 1.53. The molecule has 92 valence electrons. The number of rotatable bonds is 5. The van der Waals surface area contributed by atoms with Gasteiger partial charge in [0.2, 0.25) is 11.8 Å². The highest BCUT2D eigenvalue weighted by Gasteiger charge is 2.28. The maximum Gasteiger partial charge on any atom is 0.242 e. The number of carbonyl (C=O) groups excluding carboxylic acids is 2. The van der Waals surface area contributed by atoms with E-state index in [-0.39, 0.29) is 30.4 Å². The van der Waals surface area contributed by atoms with Gasteiger partial charge in [-0.05, 0) is 18.8 Å². The molecule has 1 saturated heterocycles. The Morgan fingerprint density at radius 2 is 2.31 bits per heavy atom. The second kappa shape index (κ2) is 5.84. The van der Waals surface area contributed by atoms with Crippen molar-refractivity contribution in [3.8, 4) is 0 Å². The lowest BCUT2D eigenvalue weighted by atomic mass is 10.0. The third-order valence-electron chi connectivity index (χ3n) is 2.88. The van der Waals surface area contributed by atoms with Gasteiger partial charge >= 0.3 is 0 Å². The molecule has 0 spiro atoms. The van der Waals surface area contributed by atoms with Crippen LogP contribution in [0.1, 0.15) is 33.1 Å². The molecule has 1 aliphatic rings. The summed E-state index contributed by atoms with van der Waals surface area (Å²) in [5.74, 6) is 0.0645. The van der Waals surface area contributed by atoms with Crippen molar-refractivity contribution in [2.24, 2.45) is 5.92 Å². The molecule has 1 heterocycles. The molecule has 0 aromatic heterocycles. The molecule has 0 aromatic rings. The molecule has 1 rings (SSSR count). The number of amides is 2. The average Bonchev–Trinajstić information content (AvgIpc) is 2.64. The molecule has 5 nitrogen and oxygen atoms in total. The van der Waals surface area contributed by atoms with Crippen LogP contribution < -0.4 is 10.6 Å². The normalized spacial score (nSPS) is 22.0. The quantitative estimate of drug-likeness (QED) is 0.609. The van der Waals surface area contributed by atoms with E-state index in [1.165, 1.54) is 0 Å². The third kappa shape index (κ3) is 3.48. The number of hydrogen-bond acceptors (Lipinski definition) is 3. The Bertz CT molecular complexity index is 266. The Kier molecular flexibility index (Phi) is 4.73. The second-order valence-corrected chi connectivity index (χ2v) is 4.53. The van der Waals surface area contributed by atoms with Crippen molar-refractivity contribution in [3.63, 3.8) is 0 Å². The van der Waals surface area contributed by atoms with Crippen molar-refractivity contribution in [2.75, 3.05) is 6.61 Å². The Labute approximate surface area is 95.6 Å². The van der Waals surface area contributed by atoms with E-state index in [9.17, 15) is 9.59 Å². The second-order valence-electron chi connectivity index (χ2n) is 4.53. The van der Waals surface area contributed by atoms with E-state index >= 15 is 0 Å². The fourth-order valence-electron chi connectivity index (χ4n) is 1.81. The molecule has 16 heavy (non-hydrogen) atoms. The van der Waals surface area contributed by atoms with Gasteiger partial charge in [-0.2, -0.15) is 0 Å². The highest BCUT2D eigenvalue weighted by Crippen LogP contribution is 2.10. The van der Waals surface area contributed by atoms with Gasteiger partial charge in [0.05, 0.1) is 0 Å². The molecule has 3 N–H and O–H groups in total. The lowest BCUT2D eigenvalue weighted by Crippen LogP contribution is -2.47. The zero-order valence-corrected chi connectivity index (χ0v) is 9.82. The molecule has 5 heteroatoms. The van der Waals surface area contributed by atoms with E-state index < -0.39 is 6.04 Å². The fourth-order valence-corrected chi connectivity index (χ4v) is 1.81. The molecular weight excluding hydrogens is 208 g/mol. The molecule has 1 fully saturated rings. The summed E-state index contributed by atoms with van der Waals surface area (Å²) >= 11 is 0. The van der Waals surface area contributed by atoms with Gasteiger partial charge < -0.3 is 15.7 Å². The zero-order chi connectivity index (χ0) is 12.1. The van der Waals surface area contributed by atoms with Crippen molar-refractivity contribution >= 4 is 11.8 Å². The van der Waals surface area contributed by atoms with Crippen molar-refractivity contribution in [1.82, 2.24) is 10.6 Å². The van der Waals surface area contributed by atoms with Crippen molar-refractivity contribution < 1.29 is 14.7 Å². The molecule has 1 unspecified atom stereocenters. The minimum Gasteiger partial charge on any atom is -0.396 e. The first-order chi connectivity index (χ1) is 7.54. The van der Waals surface area contributed by atoms with Crippen LogP contribution in [0.15, 0.2) is 0 Å². The summed E-state index contributed by atoms with van der Waals surface area (Å²) < 4.78 is 0. The predicted molar refractivity (Wildman–Crippen MR) is 59.6 cm³/mol. The maximum absolute atomic E-state index is 11.8. The van der Waals surface area contributed by atoms with E-state index in [2.05, 4.69) is 10.6 Å². The average molecular weight is 228 g/mol. The van der Waals surface area contributed by atoms with Gasteiger partial charge in [0, 0.05) is 19.1 Å². The Morgan fingerprint density at radius 1 is 1.62 bits per heavy atom. The van der Waals surface area contributed by atoms with Gasteiger partial charge in [-0.15, -0.1) is 0 Å². The smallest absolute Gasteiger partial charge is 0.242 e. The SMILES string of the molecule is CC(C)C(CCO)NC(=O)[C@@H]1CCC(=O)N1. The third-order valence-corrected chi connectivity index (χ3v) is 2.88. The topological polar surface area (TPSA) is 78.4 Å². The first kappa shape index (κ1) is 13.0. The van der Waals surface area contributed by atoms with E-state index in [0.29, 0.717) is 19.3 Å². The van der Waals surface area contributed by atoms with Crippen LogP contribution in [0, 0.1) is 5.92 Å². The van der Waals surface area contributed by atoms with Crippen molar-refractivity contribution in [1.29, 1.82) is 0 Å². The molecular formula is C11H20N2O3. The van der Waals surface area contributed by atoms with E-state index in [0.717, 1.165) is 0 Å². The molecule has 0 saturated carbocycles. The Morgan fingerprint density at radius 3 is 2.75 bits per heavy atom. The summed E-state index contributed by atoms with van der Waals surface area (Å²) in [4.78, 5) is 22.7. The van der Waals surface area contributed by atoms with E-state index in [1.807, 2.05) is 13.8 Å². The van der Waals surface area contributed by atoms with Crippen LogP contribution in [0.2, 0.25) is 0 Å². The summed E-state index contributed by atoms with van der Waals surface area (Å²) in [5, 5.41) is 14.4. The highest BCUT2D eigenvalue weighted by atomic mass is 16.3. The first-order valence-electron chi connectivity index (χ1n) is 5.75. The van der Waals surface area contributed by atoms with Gasteiger partial charge in [0.25, 0.3) is 0 Å². The van der Waals surface area contributed by atoms with Gasteiger partial charge in [0.15, 0.2) is 0 Å².